The molecule has 0 fully saturated rings. The fourth-order valence-electron chi connectivity index (χ4n) is 4.07. The minimum Gasteiger partial charge on any atom is -0.493 e. The third-order valence-corrected chi connectivity index (χ3v) is 6.01. The molecule has 0 aliphatic carbocycles. The number of nitrogens with zero attached hydrogens (tertiary/aromatic N) is 4. The van der Waals surface area contributed by atoms with E-state index in [-0.39, 0.29) is 0 Å². The van der Waals surface area contributed by atoms with Gasteiger partial charge in [0.25, 0.3) is 0 Å². The first kappa shape index (κ1) is 18.1. The number of aryl methyl sites for hydroxylation is 1. The fraction of sp³-hybridized carbons (Fsp3) is 0.273. The van der Waals surface area contributed by atoms with Crippen LogP contribution in [0.15, 0.2) is 36.4 Å². The van der Waals surface area contributed by atoms with Crippen molar-refractivity contribution in [2.75, 3.05) is 25.7 Å². The molecule has 148 valence electrons. The van der Waals surface area contributed by atoms with Gasteiger partial charge in [0.05, 0.1) is 25.4 Å². The lowest BCUT2D eigenvalue weighted by Gasteiger charge is -2.31. The van der Waals surface area contributed by atoms with E-state index >= 15 is 0 Å². The molecule has 5 rings (SSSR count). The molecular weight excluding hydrogens is 388 g/mol. The fourth-order valence-corrected chi connectivity index (χ4v) is 4.23. The van der Waals surface area contributed by atoms with Crippen molar-refractivity contribution < 1.29 is 9.47 Å². The average Bonchev–Trinajstić information content (AvgIpc) is 3.05. The zero-order chi connectivity index (χ0) is 20.1. The van der Waals surface area contributed by atoms with Crippen molar-refractivity contribution in [3.8, 4) is 11.5 Å². The van der Waals surface area contributed by atoms with Gasteiger partial charge in [-0.05, 0) is 48.7 Å². The molecule has 0 saturated carbocycles. The molecule has 0 atom stereocenters. The van der Waals surface area contributed by atoms with Crippen LogP contribution in [0.3, 0.4) is 0 Å². The minimum absolute atomic E-state index is 0.598. The normalized spacial score (nSPS) is 13.7. The van der Waals surface area contributed by atoms with Gasteiger partial charge in [-0.25, -0.2) is 9.50 Å². The second-order valence-electron chi connectivity index (χ2n) is 7.23. The standard InChI is InChI=1S/C22H21ClN4O2/c1-13-20(23)22-24-21(16-6-4-5-7-17(16)27(22)25-13)26-9-8-14-10-18(28-2)19(29-3)11-15(14)12-26/h4-7,10-11H,8-9,12H2,1-3H3. The van der Waals surface area contributed by atoms with Crippen LogP contribution in [0, 0.1) is 6.92 Å². The van der Waals surface area contributed by atoms with Gasteiger partial charge >= 0.3 is 0 Å². The summed E-state index contributed by atoms with van der Waals surface area (Å²) in [5.74, 6) is 2.44. The highest BCUT2D eigenvalue weighted by atomic mass is 35.5. The Balaban J connectivity index is 1.65. The van der Waals surface area contributed by atoms with Gasteiger partial charge in [-0.1, -0.05) is 23.7 Å². The van der Waals surface area contributed by atoms with Crippen molar-refractivity contribution in [2.45, 2.75) is 19.9 Å². The van der Waals surface area contributed by atoms with Crippen LogP contribution in [0.5, 0.6) is 11.5 Å². The van der Waals surface area contributed by atoms with E-state index in [0.717, 1.165) is 53.4 Å². The first-order valence-corrected chi connectivity index (χ1v) is 9.90. The molecule has 0 radical (unpaired) electrons. The predicted molar refractivity (Wildman–Crippen MR) is 115 cm³/mol. The minimum atomic E-state index is 0.598. The number of halogens is 1. The summed E-state index contributed by atoms with van der Waals surface area (Å²) in [7, 11) is 3.33. The predicted octanol–water partition coefficient (Wildman–Crippen LogP) is 4.42. The van der Waals surface area contributed by atoms with Crippen LogP contribution in [0.1, 0.15) is 16.8 Å². The molecule has 0 N–H and O–H groups in total. The summed E-state index contributed by atoms with van der Waals surface area (Å²) in [4.78, 5) is 7.24. The number of hydrogen-bond donors (Lipinski definition) is 0. The SMILES string of the molecule is COc1cc2c(cc1OC)CN(c1nc3c(Cl)c(C)nn3c3ccccc13)CC2. The van der Waals surface area contributed by atoms with Crippen molar-refractivity contribution in [3.05, 3.63) is 58.2 Å². The maximum Gasteiger partial charge on any atom is 0.176 e. The monoisotopic (exact) mass is 408 g/mol. The molecule has 1 aliphatic rings. The molecule has 0 spiro atoms. The Morgan fingerprint density at radius 1 is 1.03 bits per heavy atom. The molecule has 1 aliphatic heterocycles. The number of hydrogen-bond acceptors (Lipinski definition) is 5. The van der Waals surface area contributed by atoms with Gasteiger partial charge in [0.15, 0.2) is 17.1 Å². The summed E-state index contributed by atoms with van der Waals surface area (Å²) < 4.78 is 12.8. The Labute approximate surface area is 173 Å². The van der Waals surface area contributed by atoms with Gasteiger partial charge in [-0.15, -0.1) is 0 Å². The third kappa shape index (κ3) is 2.78. The van der Waals surface area contributed by atoms with Crippen LogP contribution in [0.25, 0.3) is 16.6 Å². The largest absolute Gasteiger partial charge is 0.493 e. The number of ether oxygens (including phenoxy) is 2. The molecule has 0 unspecified atom stereocenters. The molecule has 4 aromatic rings. The molecule has 29 heavy (non-hydrogen) atoms. The highest BCUT2D eigenvalue weighted by molar-refractivity contribution is 6.34. The second kappa shape index (κ2) is 6.81. The van der Waals surface area contributed by atoms with Crippen LogP contribution in [0.2, 0.25) is 5.02 Å². The van der Waals surface area contributed by atoms with E-state index in [2.05, 4.69) is 34.3 Å². The number of rotatable bonds is 3. The number of benzene rings is 2. The Morgan fingerprint density at radius 3 is 2.52 bits per heavy atom. The molecule has 7 heteroatoms. The van der Waals surface area contributed by atoms with Crippen molar-refractivity contribution in [1.29, 1.82) is 0 Å². The van der Waals surface area contributed by atoms with E-state index in [9.17, 15) is 0 Å². The number of para-hydroxylation sites is 1. The van der Waals surface area contributed by atoms with E-state index in [1.54, 1.807) is 14.2 Å². The molecular formula is C22H21ClN4O2. The molecule has 0 bridgehead atoms. The molecule has 0 saturated heterocycles. The van der Waals surface area contributed by atoms with Crippen LogP contribution in [0.4, 0.5) is 5.82 Å². The number of anilines is 1. The van der Waals surface area contributed by atoms with Crippen LogP contribution >= 0.6 is 11.6 Å². The maximum atomic E-state index is 6.51. The highest BCUT2D eigenvalue weighted by Crippen LogP contribution is 2.36. The Hall–Kier alpha value is -2.99. The van der Waals surface area contributed by atoms with Crippen molar-refractivity contribution >= 4 is 34.0 Å². The molecule has 6 nitrogen and oxygen atoms in total. The van der Waals surface area contributed by atoms with Crippen molar-refractivity contribution in [1.82, 2.24) is 14.6 Å². The topological polar surface area (TPSA) is 51.9 Å². The van der Waals surface area contributed by atoms with Gasteiger partial charge < -0.3 is 14.4 Å². The summed E-state index contributed by atoms with van der Waals surface area (Å²) in [5, 5.41) is 6.23. The Bertz CT molecular complexity index is 1250. The number of methoxy groups -OCH3 is 2. The lowest BCUT2D eigenvalue weighted by Crippen LogP contribution is -2.31. The van der Waals surface area contributed by atoms with E-state index in [1.165, 1.54) is 11.1 Å². The van der Waals surface area contributed by atoms with Crippen molar-refractivity contribution in [2.24, 2.45) is 0 Å². The number of aromatic nitrogens is 3. The van der Waals surface area contributed by atoms with Gasteiger partial charge in [0.2, 0.25) is 0 Å². The smallest absolute Gasteiger partial charge is 0.176 e. The van der Waals surface area contributed by atoms with Gasteiger partial charge in [-0.3, -0.25) is 0 Å². The van der Waals surface area contributed by atoms with Crippen LogP contribution in [-0.2, 0) is 13.0 Å². The van der Waals surface area contributed by atoms with E-state index in [0.29, 0.717) is 10.7 Å². The Kier molecular flexibility index (Phi) is 4.24. The quantitative estimate of drug-likeness (QED) is 0.502. The maximum absolute atomic E-state index is 6.51. The highest BCUT2D eigenvalue weighted by Gasteiger charge is 2.24. The lowest BCUT2D eigenvalue weighted by atomic mass is 9.98. The molecule has 2 aromatic carbocycles. The molecule has 0 amide bonds. The first-order valence-electron chi connectivity index (χ1n) is 9.53. The van der Waals surface area contributed by atoms with Gasteiger partial charge in [0.1, 0.15) is 10.8 Å². The summed E-state index contributed by atoms with van der Waals surface area (Å²) in [6, 6.07) is 12.3. The number of fused-ring (bicyclic) bond motifs is 4. The van der Waals surface area contributed by atoms with Crippen LogP contribution in [-0.4, -0.2) is 35.4 Å². The van der Waals surface area contributed by atoms with Crippen molar-refractivity contribution in [3.63, 3.8) is 0 Å². The summed E-state index contributed by atoms with van der Waals surface area (Å²) >= 11 is 6.51. The first-order chi connectivity index (χ1) is 14.1. The van der Waals surface area contributed by atoms with E-state index in [4.69, 9.17) is 26.1 Å². The zero-order valence-corrected chi connectivity index (χ0v) is 17.3. The summed E-state index contributed by atoms with van der Waals surface area (Å²) in [5.41, 5.74) is 4.97. The van der Waals surface area contributed by atoms with E-state index in [1.807, 2.05) is 23.6 Å². The summed E-state index contributed by atoms with van der Waals surface area (Å²) in [6.45, 7) is 3.51. The van der Waals surface area contributed by atoms with Crippen LogP contribution < -0.4 is 14.4 Å². The zero-order valence-electron chi connectivity index (χ0n) is 16.6. The van der Waals surface area contributed by atoms with Gasteiger partial charge in [-0.2, -0.15) is 5.10 Å². The average molecular weight is 409 g/mol. The summed E-state index contributed by atoms with van der Waals surface area (Å²) in [6.07, 6.45) is 0.906. The lowest BCUT2D eigenvalue weighted by molar-refractivity contribution is 0.353. The second-order valence-corrected chi connectivity index (χ2v) is 7.61. The van der Waals surface area contributed by atoms with E-state index < -0.39 is 0 Å². The third-order valence-electron chi connectivity index (χ3n) is 5.57. The molecule has 3 heterocycles. The van der Waals surface area contributed by atoms with Gasteiger partial charge in [0, 0.05) is 18.5 Å². The Morgan fingerprint density at radius 2 is 1.76 bits per heavy atom. The molecule has 2 aromatic heterocycles.